The maximum absolute atomic E-state index is 10.9. The van der Waals surface area contributed by atoms with Gasteiger partial charge in [0.25, 0.3) is 0 Å². The first-order valence-corrected chi connectivity index (χ1v) is 11.0. The molecule has 0 spiro atoms. The zero-order valence-corrected chi connectivity index (χ0v) is 18.0. The Morgan fingerprint density at radius 2 is 1.19 bits per heavy atom. The van der Waals surface area contributed by atoms with Crippen LogP contribution >= 0.6 is 0 Å². The highest BCUT2D eigenvalue weighted by molar-refractivity contribution is 5.66. The number of esters is 1. The highest BCUT2D eigenvalue weighted by atomic mass is 16.6. The zero-order valence-electron chi connectivity index (χ0n) is 18.0. The fraction of sp³-hybridized carbons (Fsp3) is 0.870. The van der Waals surface area contributed by atoms with Crippen LogP contribution in [0.2, 0.25) is 0 Å². The Hall–Kier alpha value is -0.990. The molecule has 3 heteroatoms. The van der Waals surface area contributed by atoms with Crippen LogP contribution in [0.4, 0.5) is 0 Å². The van der Waals surface area contributed by atoms with Crippen LogP contribution in [0.1, 0.15) is 118 Å². The van der Waals surface area contributed by atoms with E-state index in [1.165, 1.54) is 90.4 Å². The van der Waals surface area contributed by atoms with Crippen LogP contribution in [0.5, 0.6) is 0 Å². The summed E-state index contributed by atoms with van der Waals surface area (Å²) < 4.78 is 10.6. The summed E-state index contributed by atoms with van der Waals surface area (Å²) in [6.45, 7) is 8.14. The molecule has 0 atom stereocenters. The Labute approximate surface area is 162 Å². The van der Waals surface area contributed by atoms with Gasteiger partial charge in [-0.1, -0.05) is 90.4 Å². The van der Waals surface area contributed by atoms with Crippen molar-refractivity contribution in [1.29, 1.82) is 0 Å². The summed E-state index contributed by atoms with van der Waals surface area (Å²) in [7, 11) is 0. The van der Waals surface area contributed by atoms with E-state index >= 15 is 0 Å². The quantitative estimate of drug-likeness (QED) is 0.144. The largest absolute Gasteiger partial charge is 0.501 e. The molecular weight excluding hydrogens is 324 g/mol. The van der Waals surface area contributed by atoms with Crippen LogP contribution in [-0.2, 0) is 14.3 Å². The van der Waals surface area contributed by atoms with Crippen LogP contribution in [-0.4, -0.2) is 18.2 Å². The van der Waals surface area contributed by atoms with Gasteiger partial charge in [0.15, 0.2) is 0 Å². The van der Waals surface area contributed by atoms with Crippen LogP contribution in [0.15, 0.2) is 12.3 Å². The Bertz CT molecular complexity index is 347. The number of hydrogen-bond donors (Lipinski definition) is 0. The first-order chi connectivity index (χ1) is 12.5. The Morgan fingerprint density at radius 3 is 1.62 bits per heavy atom. The van der Waals surface area contributed by atoms with Gasteiger partial charge in [-0.3, -0.25) is 4.79 Å². The van der Waals surface area contributed by atoms with Crippen molar-refractivity contribution in [1.82, 2.24) is 0 Å². The lowest BCUT2D eigenvalue weighted by molar-refractivity contribution is -0.149. The molecule has 26 heavy (non-hydrogen) atoms. The molecule has 0 saturated heterocycles. The van der Waals surface area contributed by atoms with Gasteiger partial charge >= 0.3 is 5.97 Å². The van der Waals surface area contributed by atoms with E-state index in [4.69, 9.17) is 9.47 Å². The van der Waals surface area contributed by atoms with Crippen molar-refractivity contribution < 1.29 is 14.3 Å². The summed E-state index contributed by atoms with van der Waals surface area (Å²) in [4.78, 5) is 10.9. The third kappa shape index (κ3) is 19.3. The van der Waals surface area contributed by atoms with E-state index in [0.29, 0.717) is 0 Å². The third-order valence-corrected chi connectivity index (χ3v) is 4.59. The first kappa shape index (κ1) is 25.0. The molecule has 0 aromatic heterocycles. The van der Waals surface area contributed by atoms with Gasteiger partial charge in [-0.05, 0) is 26.3 Å². The van der Waals surface area contributed by atoms with Crippen molar-refractivity contribution in [3.8, 4) is 0 Å². The molecule has 0 unspecified atom stereocenters. The van der Waals surface area contributed by atoms with Crippen LogP contribution in [0.25, 0.3) is 0 Å². The average Bonchev–Trinajstić information content (AvgIpc) is 2.56. The molecule has 154 valence electrons. The predicted octanol–water partition coefficient (Wildman–Crippen LogP) is 7.34. The monoisotopic (exact) mass is 368 g/mol. The SMILES string of the molecule is CCCCCCCCCCCCCCCCOC=CC(C)(C)OC(C)=O. The van der Waals surface area contributed by atoms with E-state index in [0.717, 1.165) is 13.0 Å². The summed E-state index contributed by atoms with van der Waals surface area (Å²) in [6.07, 6.45) is 22.6. The second-order valence-electron chi connectivity index (χ2n) is 7.97. The average molecular weight is 369 g/mol. The van der Waals surface area contributed by atoms with Gasteiger partial charge in [0.2, 0.25) is 0 Å². The molecule has 0 amide bonds. The lowest BCUT2D eigenvalue weighted by Crippen LogP contribution is -2.24. The van der Waals surface area contributed by atoms with Crippen molar-refractivity contribution >= 4 is 5.97 Å². The molecule has 0 saturated carbocycles. The molecule has 0 fully saturated rings. The number of rotatable bonds is 18. The Morgan fingerprint density at radius 1 is 0.769 bits per heavy atom. The molecule has 0 aliphatic rings. The number of hydrogen-bond acceptors (Lipinski definition) is 3. The van der Waals surface area contributed by atoms with Crippen molar-refractivity contribution in [2.45, 2.75) is 123 Å². The van der Waals surface area contributed by atoms with Gasteiger partial charge in [-0.2, -0.15) is 0 Å². The van der Waals surface area contributed by atoms with Crippen LogP contribution in [0.3, 0.4) is 0 Å². The normalized spacial score (nSPS) is 11.8. The third-order valence-electron chi connectivity index (χ3n) is 4.59. The summed E-state index contributed by atoms with van der Waals surface area (Å²) in [6, 6.07) is 0. The standard InChI is InChI=1S/C23H44O3/c1-5-6-7-8-9-10-11-12-13-14-15-16-17-18-20-25-21-19-23(3,4)26-22(2)24/h19,21H,5-18,20H2,1-4H3. The minimum atomic E-state index is -0.596. The number of unbranched alkanes of at least 4 members (excludes halogenated alkanes) is 13. The number of ether oxygens (including phenoxy) is 2. The fourth-order valence-corrected chi connectivity index (χ4v) is 3.06. The van der Waals surface area contributed by atoms with E-state index in [1.54, 1.807) is 12.3 Å². The molecule has 0 aromatic rings. The lowest BCUT2D eigenvalue weighted by Gasteiger charge is -2.19. The molecule has 0 N–H and O–H groups in total. The van der Waals surface area contributed by atoms with Gasteiger partial charge in [0.05, 0.1) is 12.9 Å². The van der Waals surface area contributed by atoms with Crippen LogP contribution < -0.4 is 0 Å². The molecule has 0 aromatic carbocycles. The second-order valence-corrected chi connectivity index (χ2v) is 7.97. The molecule has 0 aliphatic carbocycles. The van der Waals surface area contributed by atoms with Gasteiger partial charge in [-0.25, -0.2) is 0 Å². The van der Waals surface area contributed by atoms with Crippen molar-refractivity contribution in [2.75, 3.05) is 6.61 Å². The molecule has 0 heterocycles. The topological polar surface area (TPSA) is 35.5 Å². The summed E-state index contributed by atoms with van der Waals surface area (Å²) in [5.41, 5.74) is -0.596. The fourth-order valence-electron chi connectivity index (χ4n) is 3.06. The molecule has 0 aliphatic heterocycles. The van der Waals surface area contributed by atoms with E-state index in [2.05, 4.69) is 6.92 Å². The van der Waals surface area contributed by atoms with E-state index in [9.17, 15) is 4.79 Å². The van der Waals surface area contributed by atoms with Gasteiger partial charge in [0.1, 0.15) is 5.60 Å². The Balaban J connectivity index is 3.26. The molecule has 0 bridgehead atoms. The zero-order chi connectivity index (χ0) is 19.5. The smallest absolute Gasteiger partial charge is 0.303 e. The number of carbonyl (C=O) groups is 1. The van der Waals surface area contributed by atoms with E-state index in [1.807, 2.05) is 13.8 Å². The van der Waals surface area contributed by atoms with Crippen molar-refractivity contribution in [3.63, 3.8) is 0 Å². The van der Waals surface area contributed by atoms with Crippen molar-refractivity contribution in [2.24, 2.45) is 0 Å². The minimum absolute atomic E-state index is 0.272. The summed E-state index contributed by atoms with van der Waals surface area (Å²) in [5.74, 6) is -0.272. The van der Waals surface area contributed by atoms with Gasteiger partial charge in [-0.15, -0.1) is 0 Å². The molecule has 0 radical (unpaired) electrons. The summed E-state index contributed by atoms with van der Waals surface area (Å²) in [5, 5.41) is 0. The number of carbonyl (C=O) groups excluding carboxylic acids is 1. The van der Waals surface area contributed by atoms with E-state index < -0.39 is 5.60 Å². The van der Waals surface area contributed by atoms with Gasteiger partial charge < -0.3 is 9.47 Å². The highest BCUT2D eigenvalue weighted by Gasteiger charge is 2.16. The first-order valence-electron chi connectivity index (χ1n) is 11.0. The van der Waals surface area contributed by atoms with Gasteiger partial charge in [0, 0.05) is 6.92 Å². The second kappa shape index (κ2) is 17.4. The summed E-state index contributed by atoms with van der Waals surface area (Å²) >= 11 is 0. The van der Waals surface area contributed by atoms with Crippen LogP contribution in [0, 0.1) is 0 Å². The molecular formula is C23H44O3. The maximum Gasteiger partial charge on any atom is 0.303 e. The minimum Gasteiger partial charge on any atom is -0.501 e. The molecule has 0 rings (SSSR count). The molecule has 3 nitrogen and oxygen atoms in total. The highest BCUT2D eigenvalue weighted by Crippen LogP contribution is 2.13. The maximum atomic E-state index is 10.9. The lowest BCUT2D eigenvalue weighted by atomic mass is 10.0. The van der Waals surface area contributed by atoms with E-state index in [-0.39, 0.29) is 5.97 Å². The van der Waals surface area contributed by atoms with Crippen molar-refractivity contribution in [3.05, 3.63) is 12.3 Å². The predicted molar refractivity (Wildman–Crippen MR) is 111 cm³/mol. The Kier molecular flexibility index (Phi) is 16.8.